The summed E-state index contributed by atoms with van der Waals surface area (Å²) in [4.78, 5) is 20.5. The highest BCUT2D eigenvalue weighted by Gasteiger charge is 2.25. The van der Waals surface area contributed by atoms with E-state index in [4.69, 9.17) is 21.1 Å². The third kappa shape index (κ3) is 4.40. The number of rotatable bonds is 5. The maximum absolute atomic E-state index is 13.1. The Balaban J connectivity index is 1.53. The molecule has 3 rings (SSSR count). The fourth-order valence-corrected chi connectivity index (χ4v) is 3.21. The first-order chi connectivity index (χ1) is 12.6. The second-order valence-electron chi connectivity index (χ2n) is 6.06. The molecular formula is C18H19ClFN3O3. The van der Waals surface area contributed by atoms with Crippen molar-refractivity contribution in [3.63, 3.8) is 0 Å². The van der Waals surface area contributed by atoms with Crippen LogP contribution in [0.15, 0.2) is 30.6 Å². The third-order valence-electron chi connectivity index (χ3n) is 4.29. The number of carbonyl (C=O) groups is 1. The summed E-state index contributed by atoms with van der Waals surface area (Å²) in [7, 11) is 1.52. The molecule has 0 bridgehead atoms. The summed E-state index contributed by atoms with van der Waals surface area (Å²) in [5.74, 6) is -0.0342. The Bertz CT molecular complexity index is 782. The van der Waals surface area contributed by atoms with E-state index in [1.54, 1.807) is 12.4 Å². The fourth-order valence-electron chi connectivity index (χ4n) is 2.95. The van der Waals surface area contributed by atoms with Crippen LogP contribution in [0.4, 0.5) is 4.39 Å². The average Bonchev–Trinajstić information content (AvgIpc) is 2.63. The van der Waals surface area contributed by atoms with Crippen molar-refractivity contribution in [1.82, 2.24) is 15.3 Å². The van der Waals surface area contributed by atoms with Crippen molar-refractivity contribution in [3.8, 4) is 11.8 Å². The van der Waals surface area contributed by atoms with Gasteiger partial charge in [0.25, 0.3) is 17.7 Å². The molecule has 0 atom stereocenters. The van der Waals surface area contributed by atoms with E-state index in [0.29, 0.717) is 11.8 Å². The molecule has 1 heterocycles. The molecular weight excluding hydrogens is 361 g/mol. The summed E-state index contributed by atoms with van der Waals surface area (Å²) in [6.07, 6.45) is 6.14. The third-order valence-corrected chi connectivity index (χ3v) is 4.60. The fraction of sp³-hybridized carbons (Fsp3) is 0.389. The highest BCUT2D eigenvalue weighted by atomic mass is 35.5. The quantitative estimate of drug-likeness (QED) is 0.861. The summed E-state index contributed by atoms with van der Waals surface area (Å²) < 4.78 is 24.1. The minimum absolute atomic E-state index is 0.0110. The van der Waals surface area contributed by atoms with Gasteiger partial charge in [-0.05, 0) is 43.9 Å². The zero-order valence-corrected chi connectivity index (χ0v) is 15.0. The van der Waals surface area contributed by atoms with Crippen molar-refractivity contribution in [2.75, 3.05) is 7.11 Å². The molecule has 0 aliphatic heterocycles. The standard InChI is InChI=1S/C18H19ClFN3O3/c1-25-17-18(22-9-8-21-17)26-13-5-3-12(4-6-13)23-16(24)14-7-2-11(20)10-15(14)19/h2,7-10,12-13H,3-6H2,1H3,(H,23,24). The zero-order chi connectivity index (χ0) is 18.5. The molecule has 2 aromatic rings. The minimum Gasteiger partial charge on any atom is -0.477 e. The Labute approximate surface area is 155 Å². The van der Waals surface area contributed by atoms with Crippen LogP contribution in [-0.4, -0.2) is 35.1 Å². The van der Waals surface area contributed by atoms with Gasteiger partial charge in [-0.15, -0.1) is 0 Å². The van der Waals surface area contributed by atoms with Gasteiger partial charge in [-0.3, -0.25) is 4.79 Å². The average molecular weight is 380 g/mol. The molecule has 0 spiro atoms. The molecule has 1 aliphatic carbocycles. The van der Waals surface area contributed by atoms with Crippen molar-refractivity contribution in [2.24, 2.45) is 0 Å². The Kier molecular flexibility index (Phi) is 5.88. The van der Waals surface area contributed by atoms with E-state index in [2.05, 4.69) is 15.3 Å². The van der Waals surface area contributed by atoms with Gasteiger partial charge in [0.05, 0.1) is 17.7 Å². The predicted molar refractivity (Wildman–Crippen MR) is 94.1 cm³/mol. The number of amides is 1. The molecule has 0 saturated heterocycles. The van der Waals surface area contributed by atoms with E-state index in [0.717, 1.165) is 31.7 Å². The minimum atomic E-state index is -0.469. The van der Waals surface area contributed by atoms with Crippen molar-refractivity contribution < 1.29 is 18.7 Å². The van der Waals surface area contributed by atoms with Crippen molar-refractivity contribution >= 4 is 17.5 Å². The van der Waals surface area contributed by atoms with E-state index in [-0.39, 0.29) is 28.6 Å². The van der Waals surface area contributed by atoms with Gasteiger partial charge in [0.2, 0.25) is 0 Å². The number of hydrogen-bond donors (Lipinski definition) is 1. The van der Waals surface area contributed by atoms with Crippen LogP contribution in [0.1, 0.15) is 36.0 Å². The smallest absolute Gasteiger partial charge is 0.278 e. The summed E-state index contributed by atoms with van der Waals surface area (Å²) >= 11 is 5.94. The normalized spacial score (nSPS) is 19.7. The maximum atomic E-state index is 13.1. The lowest BCUT2D eigenvalue weighted by atomic mass is 9.92. The predicted octanol–water partition coefficient (Wildman–Crippen LogP) is 3.40. The highest BCUT2D eigenvalue weighted by molar-refractivity contribution is 6.33. The van der Waals surface area contributed by atoms with E-state index >= 15 is 0 Å². The lowest BCUT2D eigenvalue weighted by molar-refractivity contribution is 0.0886. The van der Waals surface area contributed by atoms with Gasteiger partial charge in [0.15, 0.2) is 0 Å². The summed E-state index contributed by atoms with van der Waals surface area (Å²) in [6.45, 7) is 0. The lowest BCUT2D eigenvalue weighted by Crippen LogP contribution is -2.39. The van der Waals surface area contributed by atoms with Crippen LogP contribution in [0.3, 0.4) is 0 Å². The number of nitrogens with zero attached hydrogens (tertiary/aromatic N) is 2. The van der Waals surface area contributed by atoms with Crippen LogP contribution in [0.2, 0.25) is 5.02 Å². The molecule has 138 valence electrons. The molecule has 26 heavy (non-hydrogen) atoms. The van der Waals surface area contributed by atoms with Crippen LogP contribution >= 0.6 is 11.6 Å². The highest BCUT2D eigenvalue weighted by Crippen LogP contribution is 2.27. The Morgan fingerprint density at radius 2 is 1.88 bits per heavy atom. The van der Waals surface area contributed by atoms with Gasteiger partial charge >= 0.3 is 0 Å². The lowest BCUT2D eigenvalue weighted by Gasteiger charge is -2.29. The number of hydrogen-bond acceptors (Lipinski definition) is 5. The molecule has 1 fully saturated rings. The number of aromatic nitrogens is 2. The van der Waals surface area contributed by atoms with Crippen molar-refractivity contribution in [2.45, 2.75) is 37.8 Å². The van der Waals surface area contributed by atoms with Gasteiger partial charge < -0.3 is 14.8 Å². The van der Waals surface area contributed by atoms with Crippen LogP contribution in [-0.2, 0) is 0 Å². The van der Waals surface area contributed by atoms with Crippen LogP contribution < -0.4 is 14.8 Å². The molecule has 1 saturated carbocycles. The molecule has 0 unspecified atom stereocenters. The van der Waals surface area contributed by atoms with Gasteiger partial charge in [-0.2, -0.15) is 0 Å². The van der Waals surface area contributed by atoms with Gasteiger partial charge in [-0.1, -0.05) is 11.6 Å². The molecule has 0 radical (unpaired) electrons. The van der Waals surface area contributed by atoms with Crippen molar-refractivity contribution in [3.05, 3.63) is 47.0 Å². The summed E-state index contributed by atoms with van der Waals surface area (Å²) in [5, 5.41) is 3.05. The second kappa shape index (κ2) is 8.31. The maximum Gasteiger partial charge on any atom is 0.278 e. The van der Waals surface area contributed by atoms with E-state index in [9.17, 15) is 9.18 Å². The molecule has 1 aromatic carbocycles. The molecule has 1 aromatic heterocycles. The number of halogens is 2. The molecule has 6 nitrogen and oxygen atoms in total. The second-order valence-corrected chi connectivity index (χ2v) is 6.47. The van der Waals surface area contributed by atoms with Crippen molar-refractivity contribution in [1.29, 1.82) is 0 Å². The number of nitrogens with one attached hydrogen (secondary N) is 1. The van der Waals surface area contributed by atoms with Gasteiger partial charge in [0.1, 0.15) is 11.9 Å². The number of benzene rings is 1. The first-order valence-corrected chi connectivity index (χ1v) is 8.72. The first-order valence-electron chi connectivity index (χ1n) is 8.34. The monoisotopic (exact) mass is 379 g/mol. The Hall–Kier alpha value is -2.41. The molecule has 1 N–H and O–H groups in total. The largest absolute Gasteiger partial charge is 0.477 e. The molecule has 1 aliphatic rings. The number of ether oxygens (including phenoxy) is 2. The molecule has 8 heteroatoms. The molecule has 1 amide bonds. The Morgan fingerprint density at radius 3 is 2.54 bits per heavy atom. The van der Waals surface area contributed by atoms with Gasteiger partial charge in [0, 0.05) is 18.4 Å². The zero-order valence-electron chi connectivity index (χ0n) is 14.2. The number of methoxy groups -OCH3 is 1. The summed E-state index contributed by atoms with van der Waals surface area (Å²) in [5.41, 5.74) is 0.274. The summed E-state index contributed by atoms with van der Waals surface area (Å²) in [6, 6.07) is 3.77. The van der Waals surface area contributed by atoms with E-state index in [1.807, 2.05) is 0 Å². The van der Waals surface area contributed by atoms with Gasteiger partial charge in [-0.25, -0.2) is 14.4 Å². The van der Waals surface area contributed by atoms with Crippen LogP contribution in [0.25, 0.3) is 0 Å². The Morgan fingerprint density at radius 1 is 1.19 bits per heavy atom. The topological polar surface area (TPSA) is 73.3 Å². The van der Waals surface area contributed by atoms with Crippen LogP contribution in [0.5, 0.6) is 11.8 Å². The van der Waals surface area contributed by atoms with E-state index < -0.39 is 5.82 Å². The number of carbonyl (C=O) groups excluding carboxylic acids is 1. The SMILES string of the molecule is COc1nccnc1OC1CCC(NC(=O)c2ccc(F)cc2Cl)CC1. The van der Waals surface area contributed by atoms with Crippen LogP contribution in [0, 0.1) is 5.82 Å². The first kappa shape index (κ1) is 18.4. The van der Waals surface area contributed by atoms with E-state index in [1.165, 1.54) is 19.2 Å².